The molecule has 1 heterocycles. The lowest BCUT2D eigenvalue weighted by molar-refractivity contribution is -0.137. The summed E-state index contributed by atoms with van der Waals surface area (Å²) in [5.41, 5.74) is 3.88. The number of benzene rings is 1. The molecule has 1 aliphatic heterocycles. The number of nitrogens with zero attached hydrogens (tertiary/aromatic N) is 1. The van der Waals surface area contributed by atoms with Crippen molar-refractivity contribution in [3.05, 3.63) is 29.3 Å². The Morgan fingerprint density at radius 2 is 2.28 bits per heavy atom. The standard InChI is InChI=1S/C15H21NO2/c1-3-13(10-15(17)18)16-8-4-5-12-9-11(2)6-7-14(12)16/h6-7,9,13H,3-5,8,10H2,1-2H3,(H,17,18). The van der Waals surface area contributed by atoms with E-state index in [0.717, 1.165) is 25.8 Å². The first-order valence-electron chi connectivity index (χ1n) is 6.69. The van der Waals surface area contributed by atoms with Gasteiger partial charge < -0.3 is 10.0 Å². The predicted octanol–water partition coefficient (Wildman–Crippen LogP) is 3.00. The van der Waals surface area contributed by atoms with Gasteiger partial charge in [0.2, 0.25) is 0 Å². The number of fused-ring (bicyclic) bond motifs is 1. The lowest BCUT2D eigenvalue weighted by atomic mass is 9.96. The molecule has 98 valence electrons. The van der Waals surface area contributed by atoms with Gasteiger partial charge in [-0.15, -0.1) is 0 Å². The van der Waals surface area contributed by atoms with Gasteiger partial charge in [0.05, 0.1) is 6.42 Å². The fourth-order valence-corrected chi connectivity index (χ4v) is 2.81. The van der Waals surface area contributed by atoms with Crippen LogP contribution in [0.2, 0.25) is 0 Å². The van der Waals surface area contributed by atoms with Crippen molar-refractivity contribution < 1.29 is 9.90 Å². The second-order valence-electron chi connectivity index (χ2n) is 5.09. The molecule has 18 heavy (non-hydrogen) atoms. The van der Waals surface area contributed by atoms with Crippen LogP contribution in [0, 0.1) is 6.92 Å². The zero-order valence-corrected chi connectivity index (χ0v) is 11.1. The fraction of sp³-hybridized carbons (Fsp3) is 0.533. The predicted molar refractivity (Wildman–Crippen MR) is 73.2 cm³/mol. The number of carbonyl (C=O) groups is 1. The number of carboxylic acid groups (broad SMARTS) is 1. The quantitative estimate of drug-likeness (QED) is 0.889. The summed E-state index contributed by atoms with van der Waals surface area (Å²) in [6, 6.07) is 6.61. The molecule has 0 fully saturated rings. The first-order chi connectivity index (χ1) is 8.61. The monoisotopic (exact) mass is 247 g/mol. The Kier molecular flexibility index (Phi) is 3.90. The van der Waals surface area contributed by atoms with Gasteiger partial charge in [0.1, 0.15) is 0 Å². The van der Waals surface area contributed by atoms with Gasteiger partial charge in [-0.1, -0.05) is 24.6 Å². The largest absolute Gasteiger partial charge is 0.481 e. The minimum atomic E-state index is -0.707. The lowest BCUT2D eigenvalue weighted by Crippen LogP contribution is -2.40. The zero-order valence-electron chi connectivity index (χ0n) is 11.1. The molecule has 0 aromatic heterocycles. The SMILES string of the molecule is CCC(CC(=O)O)N1CCCc2cc(C)ccc21. The molecule has 2 rings (SSSR count). The highest BCUT2D eigenvalue weighted by molar-refractivity contribution is 5.69. The third-order valence-electron chi connectivity index (χ3n) is 3.71. The Hall–Kier alpha value is -1.51. The second-order valence-corrected chi connectivity index (χ2v) is 5.09. The van der Waals surface area contributed by atoms with Crippen LogP contribution in [-0.4, -0.2) is 23.7 Å². The van der Waals surface area contributed by atoms with Gasteiger partial charge in [-0.25, -0.2) is 0 Å². The van der Waals surface area contributed by atoms with Gasteiger partial charge in [-0.2, -0.15) is 0 Å². The van der Waals surface area contributed by atoms with Crippen molar-refractivity contribution in [3.63, 3.8) is 0 Å². The van der Waals surface area contributed by atoms with Gasteiger partial charge in [-0.3, -0.25) is 4.79 Å². The maximum Gasteiger partial charge on any atom is 0.305 e. The van der Waals surface area contributed by atoms with Crippen LogP contribution >= 0.6 is 0 Å². The lowest BCUT2D eigenvalue weighted by Gasteiger charge is -2.37. The number of rotatable bonds is 4. The minimum Gasteiger partial charge on any atom is -0.481 e. The molecule has 0 amide bonds. The van der Waals surface area contributed by atoms with E-state index in [0.29, 0.717) is 0 Å². The van der Waals surface area contributed by atoms with Gasteiger partial charge in [0, 0.05) is 18.3 Å². The summed E-state index contributed by atoms with van der Waals surface area (Å²) >= 11 is 0. The van der Waals surface area contributed by atoms with E-state index in [-0.39, 0.29) is 12.5 Å². The Balaban J connectivity index is 2.28. The van der Waals surface area contributed by atoms with E-state index in [2.05, 4.69) is 36.9 Å². The van der Waals surface area contributed by atoms with Crippen molar-refractivity contribution in [1.82, 2.24) is 0 Å². The molecule has 1 aromatic carbocycles. The Labute approximate surface area is 108 Å². The molecule has 0 saturated heterocycles. The van der Waals surface area contributed by atoms with Crippen LogP contribution in [0.25, 0.3) is 0 Å². The van der Waals surface area contributed by atoms with Gasteiger partial charge in [0.15, 0.2) is 0 Å². The Morgan fingerprint density at radius 3 is 2.94 bits per heavy atom. The van der Waals surface area contributed by atoms with Crippen LogP contribution in [-0.2, 0) is 11.2 Å². The van der Waals surface area contributed by atoms with Gasteiger partial charge in [0.25, 0.3) is 0 Å². The van der Waals surface area contributed by atoms with Crippen molar-refractivity contribution in [2.75, 3.05) is 11.4 Å². The molecule has 3 heteroatoms. The molecule has 1 unspecified atom stereocenters. The average Bonchev–Trinajstić information content (AvgIpc) is 2.34. The van der Waals surface area contributed by atoms with E-state index >= 15 is 0 Å². The van der Waals surface area contributed by atoms with Crippen LogP contribution in [0.15, 0.2) is 18.2 Å². The topological polar surface area (TPSA) is 40.5 Å². The highest BCUT2D eigenvalue weighted by Crippen LogP contribution is 2.31. The Morgan fingerprint density at radius 1 is 1.50 bits per heavy atom. The van der Waals surface area contributed by atoms with E-state index in [4.69, 9.17) is 5.11 Å². The average molecular weight is 247 g/mol. The molecule has 0 aliphatic carbocycles. The second kappa shape index (κ2) is 5.42. The molecule has 0 saturated carbocycles. The van der Waals surface area contributed by atoms with E-state index in [1.807, 2.05) is 0 Å². The number of carboxylic acids is 1. The summed E-state index contributed by atoms with van der Waals surface area (Å²) in [5.74, 6) is -0.707. The van der Waals surface area contributed by atoms with Crippen LogP contribution in [0.5, 0.6) is 0 Å². The number of aryl methyl sites for hydroxylation is 2. The van der Waals surface area contributed by atoms with Crippen molar-refractivity contribution in [1.29, 1.82) is 0 Å². The third-order valence-corrected chi connectivity index (χ3v) is 3.71. The van der Waals surface area contributed by atoms with E-state index in [1.165, 1.54) is 16.8 Å². The summed E-state index contributed by atoms with van der Waals surface area (Å²) in [5, 5.41) is 9.01. The van der Waals surface area contributed by atoms with Crippen molar-refractivity contribution in [2.24, 2.45) is 0 Å². The van der Waals surface area contributed by atoms with Crippen LogP contribution in [0.3, 0.4) is 0 Å². The summed E-state index contributed by atoms with van der Waals surface area (Å²) in [7, 11) is 0. The molecule has 1 aliphatic rings. The highest BCUT2D eigenvalue weighted by Gasteiger charge is 2.24. The zero-order chi connectivity index (χ0) is 13.1. The van der Waals surface area contributed by atoms with Crippen LogP contribution < -0.4 is 4.90 Å². The summed E-state index contributed by atoms with van der Waals surface area (Å²) in [6.07, 6.45) is 3.33. The van der Waals surface area contributed by atoms with Gasteiger partial charge in [-0.05, 0) is 37.8 Å². The molecule has 1 N–H and O–H groups in total. The molecule has 1 aromatic rings. The first-order valence-corrected chi connectivity index (χ1v) is 6.69. The Bertz CT molecular complexity index is 442. The maximum atomic E-state index is 11.0. The van der Waals surface area contributed by atoms with E-state index in [9.17, 15) is 4.79 Å². The molecule has 3 nitrogen and oxygen atoms in total. The summed E-state index contributed by atoms with van der Waals surface area (Å²) < 4.78 is 0. The molecular weight excluding hydrogens is 226 g/mol. The van der Waals surface area contributed by atoms with Crippen LogP contribution in [0.1, 0.15) is 37.3 Å². The summed E-state index contributed by atoms with van der Waals surface area (Å²) in [6.45, 7) is 5.14. The smallest absolute Gasteiger partial charge is 0.305 e. The van der Waals surface area contributed by atoms with E-state index in [1.54, 1.807) is 0 Å². The molecule has 0 bridgehead atoms. The molecular formula is C15H21NO2. The number of hydrogen-bond donors (Lipinski definition) is 1. The highest BCUT2D eigenvalue weighted by atomic mass is 16.4. The first kappa shape index (κ1) is 12.9. The van der Waals surface area contributed by atoms with Crippen LogP contribution in [0.4, 0.5) is 5.69 Å². The normalized spacial score (nSPS) is 16.2. The van der Waals surface area contributed by atoms with Gasteiger partial charge >= 0.3 is 5.97 Å². The molecule has 0 radical (unpaired) electrons. The molecule has 1 atom stereocenters. The number of aliphatic carboxylic acids is 1. The number of anilines is 1. The van der Waals surface area contributed by atoms with Crippen molar-refractivity contribution >= 4 is 11.7 Å². The minimum absolute atomic E-state index is 0.115. The van der Waals surface area contributed by atoms with E-state index < -0.39 is 5.97 Å². The molecule has 0 spiro atoms. The third kappa shape index (κ3) is 2.66. The maximum absolute atomic E-state index is 11.0. The van der Waals surface area contributed by atoms with Crippen molar-refractivity contribution in [2.45, 2.75) is 45.6 Å². The summed E-state index contributed by atoms with van der Waals surface area (Å²) in [4.78, 5) is 13.2. The number of hydrogen-bond acceptors (Lipinski definition) is 2. The fourth-order valence-electron chi connectivity index (χ4n) is 2.81. The van der Waals surface area contributed by atoms with Crippen molar-refractivity contribution in [3.8, 4) is 0 Å².